The molecule has 5 N–H and O–H groups in total. The molecule has 2 aromatic carbocycles. The van der Waals surface area contributed by atoms with Crippen LogP contribution < -0.4 is 5.32 Å². The molecule has 34 heavy (non-hydrogen) atoms. The van der Waals surface area contributed by atoms with Gasteiger partial charge in [-0.05, 0) is 35.4 Å². The number of hydrogen-bond donors (Lipinski definition) is 5. The number of ether oxygens (including phenoxy) is 1. The first-order valence-corrected chi connectivity index (χ1v) is 10.2. The first-order valence-electron chi connectivity index (χ1n) is 10.2. The summed E-state index contributed by atoms with van der Waals surface area (Å²) in [6.45, 7) is 1.81. The van der Waals surface area contributed by atoms with Crippen LogP contribution in [0.1, 0.15) is 29.9 Å². The van der Waals surface area contributed by atoms with Gasteiger partial charge in [-0.25, -0.2) is 13.6 Å². The molecule has 2 aromatic rings. The van der Waals surface area contributed by atoms with Crippen LogP contribution in [0.25, 0.3) is 0 Å². The fourth-order valence-corrected chi connectivity index (χ4v) is 3.40. The van der Waals surface area contributed by atoms with Crippen molar-refractivity contribution in [3.05, 3.63) is 71.3 Å². The van der Waals surface area contributed by atoms with Crippen LogP contribution in [-0.4, -0.2) is 63.2 Å². The second kappa shape index (κ2) is 12.2. The summed E-state index contributed by atoms with van der Waals surface area (Å²) in [7, 11) is 0. The highest BCUT2D eigenvalue weighted by Gasteiger charge is 2.40. The zero-order valence-corrected chi connectivity index (χ0v) is 18.0. The van der Waals surface area contributed by atoms with E-state index in [9.17, 15) is 23.2 Å². The van der Waals surface area contributed by atoms with Gasteiger partial charge in [0, 0.05) is 18.5 Å². The highest BCUT2D eigenvalue weighted by Crippen LogP contribution is 2.26. The normalized spacial score (nSPS) is 17.5. The van der Waals surface area contributed by atoms with Crippen LogP contribution in [0.2, 0.25) is 0 Å². The van der Waals surface area contributed by atoms with E-state index in [1.807, 2.05) is 6.07 Å². The van der Waals surface area contributed by atoms with Crippen LogP contribution in [0, 0.1) is 11.6 Å². The number of carbonyl (C=O) groups is 3. The van der Waals surface area contributed by atoms with Crippen molar-refractivity contribution in [2.45, 2.75) is 36.9 Å². The highest BCUT2D eigenvalue weighted by atomic mass is 19.1. The van der Waals surface area contributed by atoms with Crippen LogP contribution in [0.4, 0.5) is 8.78 Å². The summed E-state index contributed by atoms with van der Waals surface area (Å²) in [6, 6.07) is 13.2. The third-order valence-electron chi connectivity index (χ3n) is 5.12. The van der Waals surface area contributed by atoms with Crippen molar-refractivity contribution < 1.29 is 48.3 Å². The fourth-order valence-electron chi connectivity index (χ4n) is 3.40. The Bertz CT molecular complexity index is 983. The topological polar surface area (TPSA) is 153 Å². The first-order chi connectivity index (χ1) is 16.0. The summed E-state index contributed by atoms with van der Waals surface area (Å²) in [5, 5.41) is 37.2. The van der Waals surface area contributed by atoms with Crippen LogP contribution in [-0.2, 0) is 25.7 Å². The molecule has 0 spiro atoms. The van der Waals surface area contributed by atoms with Gasteiger partial charge in [-0.1, -0.05) is 24.3 Å². The van der Waals surface area contributed by atoms with E-state index in [0.29, 0.717) is 19.8 Å². The highest BCUT2D eigenvalue weighted by molar-refractivity contribution is 5.88. The molecule has 0 unspecified atom stereocenters. The molecule has 1 heterocycles. The molecule has 1 saturated heterocycles. The minimum absolute atomic E-state index is 0.152. The van der Waals surface area contributed by atoms with Gasteiger partial charge in [0.15, 0.2) is 5.60 Å². The molecule has 2 atom stereocenters. The fraction of sp³-hybridized carbons (Fsp3) is 0.348. The smallest absolute Gasteiger partial charge is 0.336 e. The molecule has 0 bridgehead atoms. The van der Waals surface area contributed by atoms with Crippen LogP contribution in [0.5, 0.6) is 0 Å². The maximum Gasteiger partial charge on any atom is 0.336 e. The Morgan fingerprint density at radius 3 is 2.09 bits per heavy atom. The number of halogens is 2. The zero-order valence-electron chi connectivity index (χ0n) is 18.0. The van der Waals surface area contributed by atoms with Crippen molar-refractivity contribution in [1.29, 1.82) is 0 Å². The Balaban J connectivity index is 0.000000273. The molecule has 11 heteroatoms. The van der Waals surface area contributed by atoms with Gasteiger partial charge in [-0.15, -0.1) is 0 Å². The Labute approximate surface area is 193 Å². The van der Waals surface area contributed by atoms with E-state index < -0.39 is 36.4 Å². The summed E-state index contributed by atoms with van der Waals surface area (Å²) >= 11 is 0. The third kappa shape index (κ3) is 8.18. The minimum atomic E-state index is -2.74. The van der Waals surface area contributed by atoms with Crippen LogP contribution in [0.3, 0.4) is 0 Å². The van der Waals surface area contributed by atoms with E-state index in [-0.39, 0.29) is 23.6 Å². The summed E-state index contributed by atoms with van der Waals surface area (Å²) < 4.78 is 31.7. The van der Waals surface area contributed by atoms with Gasteiger partial charge >= 0.3 is 17.9 Å². The molecule has 3 rings (SSSR count). The lowest BCUT2D eigenvalue weighted by Crippen LogP contribution is -2.42. The largest absolute Gasteiger partial charge is 0.481 e. The van der Waals surface area contributed by atoms with E-state index in [1.165, 1.54) is 24.3 Å². The molecule has 0 saturated carbocycles. The third-order valence-corrected chi connectivity index (χ3v) is 5.12. The summed E-state index contributed by atoms with van der Waals surface area (Å²) in [4.78, 5) is 30.5. The molecular formula is C23H25F2NO8. The van der Waals surface area contributed by atoms with Crippen molar-refractivity contribution in [2.75, 3.05) is 13.2 Å². The summed E-state index contributed by atoms with van der Waals surface area (Å²) in [5.74, 6) is -5.29. The molecule has 0 radical (unpaired) electrons. The quantitative estimate of drug-likeness (QED) is 0.362. The van der Waals surface area contributed by atoms with Gasteiger partial charge in [0.1, 0.15) is 11.6 Å². The van der Waals surface area contributed by atoms with E-state index in [4.69, 9.17) is 25.2 Å². The Morgan fingerprint density at radius 2 is 1.56 bits per heavy atom. The Kier molecular flexibility index (Phi) is 9.60. The van der Waals surface area contributed by atoms with Crippen molar-refractivity contribution in [1.82, 2.24) is 5.32 Å². The number of carboxylic acids is 3. The average molecular weight is 481 g/mol. The van der Waals surface area contributed by atoms with Crippen molar-refractivity contribution in [3.63, 3.8) is 0 Å². The van der Waals surface area contributed by atoms with Gasteiger partial charge in [0.05, 0.1) is 26.1 Å². The van der Waals surface area contributed by atoms with Crippen LogP contribution in [0.15, 0.2) is 48.5 Å². The second-order valence-electron chi connectivity index (χ2n) is 7.79. The predicted molar refractivity (Wildman–Crippen MR) is 114 cm³/mol. The maximum absolute atomic E-state index is 13.2. The molecule has 9 nitrogen and oxygen atoms in total. The maximum atomic E-state index is 13.2. The molecular weight excluding hydrogens is 456 g/mol. The van der Waals surface area contributed by atoms with E-state index in [1.54, 1.807) is 18.2 Å². The number of hydrogen-bond acceptors (Lipinski definition) is 6. The summed E-state index contributed by atoms with van der Waals surface area (Å²) in [5.41, 5.74) is -0.775. The zero-order chi connectivity index (χ0) is 25.3. The predicted octanol–water partition coefficient (Wildman–Crippen LogP) is 1.99. The van der Waals surface area contributed by atoms with Crippen molar-refractivity contribution in [3.8, 4) is 0 Å². The lowest BCUT2D eigenvalue weighted by atomic mass is 9.94. The average Bonchev–Trinajstić information content (AvgIpc) is 3.21. The standard InChI is InChI=1S/C17H17F2NO.C6H8O7/c18-14-6-4-13(5-7-14)16-10-21-11-17(16)20-9-12-2-1-3-15(19)8-12;7-3(8)1-6(13,5(11)12)2-4(9)10/h1-8,16-17,20H,9-11H2;13H,1-2H2,(H,7,8)(H,9,10)(H,11,12)/t16-,17+;/m0./s1. The molecule has 0 amide bonds. The number of carboxylic acid groups (broad SMARTS) is 3. The minimum Gasteiger partial charge on any atom is -0.481 e. The van der Waals surface area contributed by atoms with E-state index in [2.05, 4.69) is 5.32 Å². The first kappa shape index (κ1) is 26.8. The molecule has 0 aromatic heterocycles. The second-order valence-corrected chi connectivity index (χ2v) is 7.79. The van der Waals surface area contributed by atoms with Gasteiger partial charge in [0.25, 0.3) is 0 Å². The molecule has 1 aliphatic rings. The summed E-state index contributed by atoms with van der Waals surface area (Å²) in [6.07, 6.45) is -2.29. The number of aliphatic carboxylic acids is 3. The van der Waals surface area contributed by atoms with Gasteiger partial charge in [-0.3, -0.25) is 9.59 Å². The monoisotopic (exact) mass is 481 g/mol. The Morgan fingerprint density at radius 1 is 0.941 bits per heavy atom. The molecule has 1 aliphatic heterocycles. The van der Waals surface area contributed by atoms with Gasteiger partial charge in [-0.2, -0.15) is 0 Å². The number of rotatable bonds is 9. The van der Waals surface area contributed by atoms with Gasteiger partial charge < -0.3 is 30.5 Å². The van der Waals surface area contributed by atoms with E-state index in [0.717, 1.165) is 11.1 Å². The lowest BCUT2D eigenvalue weighted by molar-refractivity contribution is -0.170. The molecule has 184 valence electrons. The molecule has 0 aliphatic carbocycles. The molecule has 1 fully saturated rings. The van der Waals surface area contributed by atoms with Crippen molar-refractivity contribution >= 4 is 17.9 Å². The SMILES string of the molecule is Fc1ccc([C@@H]2COC[C@H]2NCc2cccc(F)c2)cc1.O=C(O)CC(O)(CC(=O)O)C(=O)O. The number of benzene rings is 2. The Hall–Kier alpha value is -3.41. The number of aliphatic hydroxyl groups is 1. The van der Waals surface area contributed by atoms with Crippen molar-refractivity contribution in [2.24, 2.45) is 0 Å². The number of nitrogens with one attached hydrogen (secondary N) is 1. The van der Waals surface area contributed by atoms with Gasteiger partial charge in [0.2, 0.25) is 0 Å². The van der Waals surface area contributed by atoms with Crippen LogP contribution >= 0.6 is 0 Å². The lowest BCUT2D eigenvalue weighted by Gasteiger charge is -2.19. The van der Waals surface area contributed by atoms with E-state index >= 15 is 0 Å².